The van der Waals surface area contributed by atoms with E-state index in [4.69, 9.17) is 4.74 Å². The van der Waals surface area contributed by atoms with E-state index in [1.54, 1.807) is 18.7 Å². The van der Waals surface area contributed by atoms with Crippen molar-refractivity contribution in [3.63, 3.8) is 0 Å². The van der Waals surface area contributed by atoms with Gasteiger partial charge in [-0.25, -0.2) is 0 Å². The molecular weight excluding hydrogens is 200 g/mol. The summed E-state index contributed by atoms with van der Waals surface area (Å²) in [7, 11) is 0. The highest BCUT2D eigenvalue weighted by Crippen LogP contribution is 2.26. The fraction of sp³-hybridized carbons (Fsp3) is 0.800. The second-order valence-electron chi connectivity index (χ2n) is 3.30. The lowest BCUT2D eigenvalue weighted by Gasteiger charge is -2.19. The van der Waals surface area contributed by atoms with Gasteiger partial charge in [0.2, 0.25) is 0 Å². The van der Waals surface area contributed by atoms with Crippen LogP contribution in [0, 0.1) is 0 Å². The average Bonchev–Trinajstić information content (AvgIpc) is 2.19. The van der Waals surface area contributed by atoms with E-state index < -0.39 is 0 Å². The van der Waals surface area contributed by atoms with Crippen LogP contribution in [-0.4, -0.2) is 29.4 Å². The zero-order chi connectivity index (χ0) is 10.4. The molecule has 1 aliphatic heterocycles. The monoisotopic (exact) mass is 216 g/mol. The Morgan fingerprint density at radius 2 is 2.21 bits per heavy atom. The highest BCUT2D eigenvalue weighted by Gasteiger charge is 2.23. The molecule has 1 rings (SSSR count). The molecule has 0 aromatic heterocycles. The molecule has 4 heteroatoms. The molecule has 0 bridgehead atoms. The van der Waals surface area contributed by atoms with Crippen molar-refractivity contribution in [3.8, 4) is 0 Å². The molecule has 1 unspecified atom stereocenters. The molecule has 0 saturated carbocycles. The Morgan fingerprint density at radius 1 is 1.43 bits per heavy atom. The van der Waals surface area contributed by atoms with Gasteiger partial charge < -0.3 is 4.74 Å². The number of rotatable bonds is 4. The number of hydrogen-bond donors (Lipinski definition) is 0. The summed E-state index contributed by atoms with van der Waals surface area (Å²) in [5.41, 5.74) is 0. The first-order chi connectivity index (χ1) is 6.74. The first-order valence-corrected chi connectivity index (χ1v) is 6.09. The molecule has 0 aromatic carbocycles. The molecule has 0 aromatic rings. The van der Waals surface area contributed by atoms with E-state index in [1.807, 2.05) is 0 Å². The lowest BCUT2D eigenvalue weighted by atomic mass is 10.1. The lowest BCUT2D eigenvalue weighted by Crippen LogP contribution is -2.24. The summed E-state index contributed by atoms with van der Waals surface area (Å²) >= 11 is 1.67. The van der Waals surface area contributed by atoms with Crippen molar-refractivity contribution in [2.45, 2.75) is 37.9 Å². The molecule has 0 N–H and O–H groups in total. The van der Waals surface area contributed by atoms with Crippen molar-refractivity contribution < 1.29 is 14.3 Å². The minimum atomic E-state index is -0.385. The molecule has 80 valence electrons. The average molecular weight is 216 g/mol. The fourth-order valence-corrected chi connectivity index (χ4v) is 2.72. The molecule has 0 aliphatic carbocycles. The summed E-state index contributed by atoms with van der Waals surface area (Å²) in [5.74, 6) is 0.691. The van der Waals surface area contributed by atoms with E-state index in [-0.39, 0.29) is 23.4 Å². The lowest BCUT2D eigenvalue weighted by molar-refractivity contribution is -0.145. The first kappa shape index (κ1) is 11.6. The van der Waals surface area contributed by atoms with E-state index in [9.17, 15) is 9.59 Å². The summed E-state index contributed by atoms with van der Waals surface area (Å²) in [5, 5.41) is 0.0353. The molecule has 1 saturated heterocycles. The van der Waals surface area contributed by atoms with Crippen LogP contribution in [0.1, 0.15) is 32.6 Å². The molecule has 0 radical (unpaired) electrons. The Hall–Kier alpha value is -0.510. The molecule has 1 fully saturated rings. The van der Waals surface area contributed by atoms with Crippen LogP contribution in [0.3, 0.4) is 0 Å². The Balaban J connectivity index is 2.29. The van der Waals surface area contributed by atoms with Gasteiger partial charge in [-0.3, -0.25) is 9.59 Å². The van der Waals surface area contributed by atoms with Gasteiger partial charge in [0.05, 0.1) is 11.9 Å². The van der Waals surface area contributed by atoms with E-state index >= 15 is 0 Å². The Kier molecular flexibility index (Phi) is 5.01. The van der Waals surface area contributed by atoms with E-state index in [0.29, 0.717) is 6.61 Å². The van der Waals surface area contributed by atoms with Crippen LogP contribution in [-0.2, 0) is 14.3 Å². The second kappa shape index (κ2) is 6.06. The molecule has 0 spiro atoms. The summed E-state index contributed by atoms with van der Waals surface area (Å²) in [6, 6.07) is 0. The zero-order valence-corrected chi connectivity index (χ0v) is 9.27. The Labute approximate surface area is 88.6 Å². The van der Waals surface area contributed by atoms with Crippen molar-refractivity contribution >= 4 is 23.5 Å². The summed E-state index contributed by atoms with van der Waals surface area (Å²) < 4.78 is 4.73. The molecule has 0 amide bonds. The molecule has 1 heterocycles. The predicted molar refractivity (Wildman–Crippen MR) is 56.4 cm³/mol. The fourth-order valence-electron chi connectivity index (χ4n) is 1.46. The molecule has 3 nitrogen and oxygen atoms in total. The maximum absolute atomic E-state index is 11.6. The highest BCUT2D eigenvalue weighted by atomic mass is 32.2. The quantitative estimate of drug-likeness (QED) is 0.531. The van der Waals surface area contributed by atoms with Gasteiger partial charge in [-0.1, -0.05) is 6.42 Å². The smallest absolute Gasteiger partial charge is 0.313 e. The van der Waals surface area contributed by atoms with E-state index in [0.717, 1.165) is 18.6 Å². The van der Waals surface area contributed by atoms with Crippen LogP contribution in [0.15, 0.2) is 0 Å². The number of carbonyl (C=O) groups excluding carboxylic acids is 2. The molecular formula is C10H16O3S. The predicted octanol–water partition coefficient (Wildman–Crippen LogP) is 1.79. The second-order valence-corrected chi connectivity index (χ2v) is 4.61. The summed E-state index contributed by atoms with van der Waals surface area (Å²) in [6.07, 6.45) is 3.16. The SMILES string of the molecule is CCOC(=O)CC(=O)C1CCCCS1. The van der Waals surface area contributed by atoms with E-state index in [2.05, 4.69) is 0 Å². The van der Waals surface area contributed by atoms with Crippen molar-refractivity contribution in [2.24, 2.45) is 0 Å². The van der Waals surface area contributed by atoms with Gasteiger partial charge in [0.15, 0.2) is 5.78 Å². The number of hydrogen-bond acceptors (Lipinski definition) is 4. The standard InChI is InChI=1S/C10H16O3S/c1-2-13-10(12)7-8(11)9-5-3-4-6-14-9/h9H,2-7H2,1H3. The maximum Gasteiger partial charge on any atom is 0.313 e. The van der Waals surface area contributed by atoms with Crippen molar-refractivity contribution in [1.29, 1.82) is 0 Å². The molecule has 1 atom stereocenters. The number of Topliss-reactive ketones (excluding diaryl/α,β-unsaturated/α-hetero) is 1. The van der Waals surface area contributed by atoms with Gasteiger partial charge in [0, 0.05) is 0 Å². The van der Waals surface area contributed by atoms with Gasteiger partial charge in [0.1, 0.15) is 6.42 Å². The minimum absolute atomic E-state index is 0.0353. The van der Waals surface area contributed by atoms with Gasteiger partial charge >= 0.3 is 5.97 Å². The Morgan fingerprint density at radius 3 is 2.79 bits per heavy atom. The molecule has 14 heavy (non-hydrogen) atoms. The van der Waals surface area contributed by atoms with Crippen LogP contribution in [0.25, 0.3) is 0 Å². The van der Waals surface area contributed by atoms with Crippen LogP contribution in [0.4, 0.5) is 0 Å². The minimum Gasteiger partial charge on any atom is -0.466 e. The van der Waals surface area contributed by atoms with E-state index in [1.165, 1.54) is 6.42 Å². The van der Waals surface area contributed by atoms with Gasteiger partial charge in [-0.15, -0.1) is 0 Å². The van der Waals surface area contributed by atoms with Crippen LogP contribution >= 0.6 is 11.8 Å². The zero-order valence-electron chi connectivity index (χ0n) is 8.45. The van der Waals surface area contributed by atoms with Gasteiger partial charge in [-0.05, 0) is 25.5 Å². The number of esters is 1. The van der Waals surface area contributed by atoms with Crippen LogP contribution < -0.4 is 0 Å². The highest BCUT2D eigenvalue weighted by molar-refractivity contribution is 8.00. The third-order valence-electron chi connectivity index (χ3n) is 2.16. The Bertz CT molecular complexity index is 209. The largest absolute Gasteiger partial charge is 0.466 e. The van der Waals surface area contributed by atoms with Crippen LogP contribution in [0.2, 0.25) is 0 Å². The summed E-state index contributed by atoms with van der Waals surface area (Å²) in [6.45, 7) is 2.10. The van der Waals surface area contributed by atoms with Crippen molar-refractivity contribution in [1.82, 2.24) is 0 Å². The van der Waals surface area contributed by atoms with Gasteiger partial charge in [0.25, 0.3) is 0 Å². The van der Waals surface area contributed by atoms with Crippen molar-refractivity contribution in [2.75, 3.05) is 12.4 Å². The maximum atomic E-state index is 11.6. The number of ketones is 1. The third-order valence-corrected chi connectivity index (χ3v) is 3.59. The van der Waals surface area contributed by atoms with Crippen molar-refractivity contribution in [3.05, 3.63) is 0 Å². The summed E-state index contributed by atoms with van der Waals surface area (Å²) in [4.78, 5) is 22.6. The third kappa shape index (κ3) is 3.70. The normalized spacial score (nSPS) is 21.6. The van der Waals surface area contributed by atoms with Crippen LogP contribution in [0.5, 0.6) is 0 Å². The first-order valence-electron chi connectivity index (χ1n) is 5.04. The number of ether oxygens (including phenoxy) is 1. The number of thioether (sulfide) groups is 1. The topological polar surface area (TPSA) is 43.4 Å². The molecule has 1 aliphatic rings. The number of carbonyl (C=O) groups is 2. The van der Waals surface area contributed by atoms with Gasteiger partial charge in [-0.2, -0.15) is 11.8 Å².